The highest BCUT2D eigenvalue weighted by atomic mass is 32.2. The number of nitrogens with one attached hydrogen (secondary N) is 1. The highest BCUT2D eigenvalue weighted by Crippen LogP contribution is 2.42. The smallest absolute Gasteiger partial charge is 0.252 e. The third-order valence-electron chi connectivity index (χ3n) is 5.79. The number of fused-ring (bicyclic) bond motifs is 2. The largest absolute Gasteiger partial charge is 0.396 e. The van der Waals surface area contributed by atoms with Crippen LogP contribution in [0.3, 0.4) is 0 Å². The average molecular weight is 360 g/mol. The topological polar surface area (TPSA) is 65.6 Å². The fourth-order valence-electron chi connectivity index (χ4n) is 4.25. The first kappa shape index (κ1) is 17.1. The number of benzene rings is 1. The molecule has 0 saturated carbocycles. The lowest BCUT2D eigenvalue weighted by atomic mass is 9.75. The Bertz CT molecular complexity index is 837. The molecule has 2 N–H and O–H groups in total. The molecule has 25 heavy (non-hydrogen) atoms. The van der Waals surface area contributed by atoms with Crippen LogP contribution in [0.4, 0.5) is 0 Å². The number of thioether (sulfide) groups is 1. The predicted molar refractivity (Wildman–Crippen MR) is 100 cm³/mol. The predicted octanol–water partition coefficient (Wildman–Crippen LogP) is 2.08. The molecule has 2 aromatic rings. The van der Waals surface area contributed by atoms with Crippen LogP contribution in [0.1, 0.15) is 12.0 Å². The number of rotatable bonds is 4. The van der Waals surface area contributed by atoms with Crippen LogP contribution < -0.4 is 5.56 Å². The van der Waals surface area contributed by atoms with E-state index in [9.17, 15) is 9.90 Å². The number of nitrogens with zero attached hydrogens (tertiary/aromatic N) is 1. The number of hydrogen-bond acceptors (Lipinski definition) is 5. The van der Waals surface area contributed by atoms with Gasteiger partial charge in [0.25, 0.3) is 5.56 Å². The van der Waals surface area contributed by atoms with Gasteiger partial charge in [-0.1, -0.05) is 6.07 Å². The summed E-state index contributed by atoms with van der Waals surface area (Å²) < 4.78 is 5.60. The zero-order valence-corrected chi connectivity index (χ0v) is 15.3. The van der Waals surface area contributed by atoms with E-state index in [-0.39, 0.29) is 17.6 Å². The van der Waals surface area contributed by atoms with E-state index in [0.717, 1.165) is 47.5 Å². The molecule has 0 aliphatic carbocycles. The molecule has 5 nitrogen and oxygen atoms in total. The van der Waals surface area contributed by atoms with Crippen LogP contribution in [0.15, 0.2) is 34.0 Å². The number of pyridine rings is 1. The van der Waals surface area contributed by atoms with Crippen LogP contribution >= 0.6 is 11.8 Å². The van der Waals surface area contributed by atoms with Crippen LogP contribution in [-0.2, 0) is 11.3 Å². The number of ether oxygens (including phenoxy) is 1. The molecule has 2 aliphatic rings. The van der Waals surface area contributed by atoms with Crippen molar-refractivity contribution >= 4 is 22.7 Å². The number of H-pyrrole nitrogens is 1. The van der Waals surface area contributed by atoms with Crippen molar-refractivity contribution in [2.45, 2.75) is 17.9 Å². The number of likely N-dealkylation sites (tertiary alicyclic amines) is 1. The Morgan fingerprint density at radius 3 is 3.08 bits per heavy atom. The second-order valence-corrected chi connectivity index (χ2v) is 8.17. The van der Waals surface area contributed by atoms with Crippen LogP contribution in [0, 0.1) is 11.3 Å². The molecule has 1 aromatic carbocycles. The molecule has 2 aliphatic heterocycles. The van der Waals surface area contributed by atoms with Crippen LogP contribution in [0.25, 0.3) is 10.9 Å². The van der Waals surface area contributed by atoms with Crippen LogP contribution in [-0.4, -0.2) is 54.2 Å². The first-order chi connectivity index (χ1) is 12.1. The Labute approximate surface area is 151 Å². The first-order valence-electron chi connectivity index (χ1n) is 8.74. The SMILES string of the molecule is CSc1ccc2cc(CN3C[C@@H]4COCC[C@]4(CO)C3)c(=O)[nH]c2c1. The molecule has 0 bridgehead atoms. The summed E-state index contributed by atoms with van der Waals surface area (Å²) in [6, 6.07) is 8.17. The highest BCUT2D eigenvalue weighted by molar-refractivity contribution is 7.98. The van der Waals surface area contributed by atoms with Gasteiger partial charge in [0.15, 0.2) is 0 Å². The van der Waals surface area contributed by atoms with Gasteiger partial charge in [-0.15, -0.1) is 11.8 Å². The third kappa shape index (κ3) is 3.12. The zero-order valence-electron chi connectivity index (χ0n) is 14.5. The maximum Gasteiger partial charge on any atom is 0.252 e. The van der Waals surface area contributed by atoms with E-state index in [1.54, 1.807) is 11.8 Å². The highest BCUT2D eigenvalue weighted by Gasteiger charge is 2.47. The molecule has 0 amide bonds. The van der Waals surface area contributed by atoms with E-state index in [4.69, 9.17) is 4.74 Å². The van der Waals surface area contributed by atoms with E-state index in [1.807, 2.05) is 18.4 Å². The van der Waals surface area contributed by atoms with E-state index in [1.165, 1.54) is 0 Å². The lowest BCUT2D eigenvalue weighted by Crippen LogP contribution is -2.41. The number of aliphatic hydroxyl groups is 1. The number of aromatic nitrogens is 1. The average Bonchev–Trinajstić information content (AvgIpc) is 3.00. The van der Waals surface area contributed by atoms with Gasteiger partial charge in [-0.2, -0.15) is 0 Å². The van der Waals surface area contributed by atoms with Crippen molar-refractivity contribution in [3.05, 3.63) is 40.2 Å². The molecule has 2 fully saturated rings. The van der Waals surface area contributed by atoms with Gasteiger partial charge in [-0.3, -0.25) is 9.69 Å². The summed E-state index contributed by atoms with van der Waals surface area (Å²) in [5, 5.41) is 11.0. The lowest BCUT2D eigenvalue weighted by Gasteiger charge is -2.36. The van der Waals surface area contributed by atoms with Gasteiger partial charge in [0.1, 0.15) is 0 Å². The Hall–Kier alpha value is -1.34. The van der Waals surface area contributed by atoms with Crippen LogP contribution in [0.5, 0.6) is 0 Å². The normalized spacial score (nSPS) is 26.9. The van der Waals surface area contributed by atoms with Crippen molar-refractivity contribution < 1.29 is 9.84 Å². The molecule has 3 heterocycles. The molecule has 4 rings (SSSR count). The summed E-state index contributed by atoms with van der Waals surface area (Å²) in [7, 11) is 0. The second-order valence-electron chi connectivity index (χ2n) is 7.29. The minimum Gasteiger partial charge on any atom is -0.396 e. The van der Waals surface area contributed by atoms with Gasteiger partial charge in [0.2, 0.25) is 0 Å². The summed E-state index contributed by atoms with van der Waals surface area (Å²) in [6.45, 7) is 3.96. The van der Waals surface area contributed by atoms with Gasteiger partial charge in [0, 0.05) is 53.5 Å². The van der Waals surface area contributed by atoms with Crippen molar-refractivity contribution in [1.82, 2.24) is 9.88 Å². The Morgan fingerprint density at radius 2 is 2.32 bits per heavy atom. The molecule has 2 saturated heterocycles. The number of aliphatic hydroxyl groups excluding tert-OH is 1. The van der Waals surface area contributed by atoms with Gasteiger partial charge >= 0.3 is 0 Å². The van der Waals surface area contributed by atoms with E-state index in [2.05, 4.69) is 22.0 Å². The molecule has 1 aromatic heterocycles. The molecule has 0 unspecified atom stereocenters. The van der Waals surface area contributed by atoms with E-state index >= 15 is 0 Å². The van der Waals surface area contributed by atoms with Crippen molar-refractivity contribution in [2.24, 2.45) is 11.3 Å². The second kappa shape index (κ2) is 6.76. The quantitative estimate of drug-likeness (QED) is 0.818. The van der Waals surface area contributed by atoms with Gasteiger partial charge in [-0.25, -0.2) is 0 Å². The third-order valence-corrected chi connectivity index (χ3v) is 6.51. The fraction of sp³-hybridized carbons (Fsp3) is 0.526. The summed E-state index contributed by atoms with van der Waals surface area (Å²) in [5.41, 5.74) is 1.60. The van der Waals surface area contributed by atoms with E-state index < -0.39 is 0 Å². The molecular weight excluding hydrogens is 336 g/mol. The van der Waals surface area contributed by atoms with Crippen molar-refractivity contribution in [3.8, 4) is 0 Å². The number of hydrogen-bond donors (Lipinski definition) is 2. The Morgan fingerprint density at radius 1 is 1.44 bits per heavy atom. The molecule has 2 atom stereocenters. The summed E-state index contributed by atoms with van der Waals surface area (Å²) in [4.78, 5) is 19.0. The first-order valence-corrected chi connectivity index (χ1v) is 9.97. The minimum absolute atomic E-state index is 0.0186. The minimum atomic E-state index is -0.0604. The molecule has 0 spiro atoms. The van der Waals surface area contributed by atoms with E-state index in [0.29, 0.717) is 19.1 Å². The molecular formula is C19H24N2O3S. The summed E-state index contributed by atoms with van der Waals surface area (Å²) in [6.07, 6.45) is 2.93. The summed E-state index contributed by atoms with van der Waals surface area (Å²) >= 11 is 1.67. The summed E-state index contributed by atoms with van der Waals surface area (Å²) in [5.74, 6) is 0.356. The molecule has 134 valence electrons. The molecule has 6 heteroatoms. The van der Waals surface area contributed by atoms with Crippen molar-refractivity contribution in [2.75, 3.05) is 39.2 Å². The zero-order chi connectivity index (χ0) is 17.4. The van der Waals surface area contributed by atoms with Crippen molar-refractivity contribution in [3.63, 3.8) is 0 Å². The van der Waals surface area contributed by atoms with Gasteiger partial charge < -0.3 is 14.8 Å². The maximum absolute atomic E-state index is 12.5. The van der Waals surface area contributed by atoms with Gasteiger partial charge in [-0.05, 0) is 36.3 Å². The maximum atomic E-state index is 12.5. The number of aromatic amines is 1. The van der Waals surface area contributed by atoms with Crippen LogP contribution in [0.2, 0.25) is 0 Å². The fourth-order valence-corrected chi connectivity index (χ4v) is 4.69. The Kier molecular flexibility index (Phi) is 4.62. The molecule has 0 radical (unpaired) electrons. The standard InChI is InChI=1S/C19H24N2O3S/c1-25-16-3-2-13-6-14(18(23)20-17(13)7-16)8-21-9-15-10-24-5-4-19(15,11-21)12-22/h2-3,6-7,15,22H,4-5,8-12H2,1H3,(H,20,23)/t15-,19-/m1/s1. The van der Waals surface area contributed by atoms with Gasteiger partial charge in [0.05, 0.1) is 13.2 Å². The van der Waals surface area contributed by atoms with Crippen molar-refractivity contribution in [1.29, 1.82) is 0 Å². The Balaban J connectivity index is 1.59. The lowest BCUT2D eigenvalue weighted by molar-refractivity contribution is -0.0417. The monoisotopic (exact) mass is 360 g/mol.